The van der Waals surface area contributed by atoms with Crippen LogP contribution in [0.25, 0.3) is 0 Å². The molecular weight excluding hydrogens is 280 g/mol. The highest BCUT2D eigenvalue weighted by Gasteiger charge is 2.32. The largest absolute Gasteiger partial charge is 0.390 e. The summed E-state index contributed by atoms with van der Waals surface area (Å²) in [6.45, 7) is 4.10. The summed E-state index contributed by atoms with van der Waals surface area (Å²) >= 11 is 0. The smallest absolute Gasteiger partial charge is 0.290 e. The molecule has 1 aromatic carbocycles. The van der Waals surface area contributed by atoms with Crippen LogP contribution in [0.1, 0.15) is 59.6 Å². The highest BCUT2D eigenvalue weighted by Crippen LogP contribution is 2.31. The summed E-state index contributed by atoms with van der Waals surface area (Å²) in [5.74, 6) is 0.0952. The second-order valence-corrected chi connectivity index (χ2v) is 5.85. The molecule has 1 aliphatic carbocycles. The van der Waals surface area contributed by atoms with Gasteiger partial charge in [0, 0.05) is 18.4 Å². The number of carbonyl (C=O) groups excluding carboxylic acids is 1. The van der Waals surface area contributed by atoms with E-state index >= 15 is 0 Å². The topological polar surface area (TPSA) is 75.4 Å². The van der Waals surface area contributed by atoms with E-state index in [0.717, 1.165) is 23.2 Å². The van der Waals surface area contributed by atoms with Crippen LogP contribution in [0.4, 0.5) is 0 Å². The summed E-state index contributed by atoms with van der Waals surface area (Å²) in [5, 5.41) is 17.0. The molecule has 0 bridgehead atoms. The number of hydrogen-bond donors (Lipinski definition) is 2. The Morgan fingerprint density at radius 1 is 1.50 bits per heavy atom. The maximum absolute atomic E-state index is 12.3. The quantitative estimate of drug-likeness (QED) is 0.910. The highest BCUT2D eigenvalue weighted by molar-refractivity contribution is 5.91. The SMILES string of the molecule is CCC(C)c1cc(C(=O)NC2c3ccccc3CC2O)on1. The van der Waals surface area contributed by atoms with Crippen molar-refractivity contribution in [2.75, 3.05) is 0 Å². The van der Waals surface area contributed by atoms with Crippen molar-refractivity contribution in [3.8, 4) is 0 Å². The number of benzene rings is 1. The lowest BCUT2D eigenvalue weighted by atomic mass is 10.1. The van der Waals surface area contributed by atoms with Gasteiger partial charge in [-0.3, -0.25) is 4.79 Å². The van der Waals surface area contributed by atoms with Crippen molar-refractivity contribution < 1.29 is 14.4 Å². The van der Waals surface area contributed by atoms with Crippen LogP contribution < -0.4 is 5.32 Å². The van der Waals surface area contributed by atoms with Crippen LogP contribution in [0, 0.1) is 0 Å². The molecule has 0 aliphatic heterocycles. The molecule has 1 amide bonds. The van der Waals surface area contributed by atoms with Crippen molar-refractivity contribution in [1.29, 1.82) is 0 Å². The predicted octanol–water partition coefficient (Wildman–Crippen LogP) is 2.58. The number of aliphatic hydroxyl groups is 1. The van der Waals surface area contributed by atoms with Gasteiger partial charge in [0.25, 0.3) is 5.91 Å². The van der Waals surface area contributed by atoms with E-state index < -0.39 is 12.1 Å². The number of nitrogens with one attached hydrogen (secondary N) is 1. The van der Waals surface area contributed by atoms with Gasteiger partial charge in [0.05, 0.1) is 17.8 Å². The molecule has 3 rings (SSSR count). The minimum atomic E-state index is -0.613. The first-order chi connectivity index (χ1) is 10.6. The zero-order valence-corrected chi connectivity index (χ0v) is 12.7. The van der Waals surface area contributed by atoms with Crippen molar-refractivity contribution in [1.82, 2.24) is 10.5 Å². The lowest BCUT2D eigenvalue weighted by Gasteiger charge is -2.16. The molecule has 3 unspecified atom stereocenters. The van der Waals surface area contributed by atoms with E-state index in [1.807, 2.05) is 31.2 Å². The van der Waals surface area contributed by atoms with Gasteiger partial charge in [-0.05, 0) is 17.5 Å². The summed E-state index contributed by atoms with van der Waals surface area (Å²) < 4.78 is 5.14. The van der Waals surface area contributed by atoms with E-state index in [1.165, 1.54) is 0 Å². The lowest BCUT2D eigenvalue weighted by molar-refractivity contribution is 0.0823. The van der Waals surface area contributed by atoms with Crippen LogP contribution in [0.15, 0.2) is 34.9 Å². The molecule has 0 spiro atoms. The van der Waals surface area contributed by atoms with Gasteiger partial charge in [-0.1, -0.05) is 43.3 Å². The molecule has 116 valence electrons. The molecule has 22 heavy (non-hydrogen) atoms. The summed E-state index contributed by atoms with van der Waals surface area (Å²) in [6, 6.07) is 9.02. The molecule has 0 radical (unpaired) electrons. The molecule has 1 aromatic heterocycles. The molecule has 5 heteroatoms. The molecule has 0 saturated heterocycles. The Hall–Kier alpha value is -2.14. The first-order valence-corrected chi connectivity index (χ1v) is 7.63. The molecule has 2 aromatic rings. The maximum Gasteiger partial charge on any atom is 0.290 e. The zero-order chi connectivity index (χ0) is 15.7. The number of hydrogen-bond acceptors (Lipinski definition) is 4. The van der Waals surface area contributed by atoms with Gasteiger partial charge < -0.3 is 14.9 Å². The Balaban J connectivity index is 1.76. The fraction of sp³-hybridized carbons (Fsp3) is 0.412. The van der Waals surface area contributed by atoms with Crippen molar-refractivity contribution in [2.45, 2.75) is 44.8 Å². The molecule has 0 saturated carbocycles. The average molecular weight is 300 g/mol. The summed E-state index contributed by atoms with van der Waals surface area (Å²) in [7, 11) is 0. The van der Waals surface area contributed by atoms with E-state index in [2.05, 4.69) is 17.4 Å². The number of fused-ring (bicyclic) bond motifs is 1. The monoisotopic (exact) mass is 300 g/mol. The van der Waals surface area contributed by atoms with E-state index in [1.54, 1.807) is 6.07 Å². The van der Waals surface area contributed by atoms with E-state index in [4.69, 9.17) is 4.52 Å². The number of carbonyl (C=O) groups is 1. The first-order valence-electron chi connectivity index (χ1n) is 7.63. The second-order valence-electron chi connectivity index (χ2n) is 5.85. The Morgan fingerprint density at radius 2 is 2.27 bits per heavy atom. The fourth-order valence-electron chi connectivity index (χ4n) is 2.80. The highest BCUT2D eigenvalue weighted by atomic mass is 16.5. The molecule has 1 aliphatic rings. The van der Waals surface area contributed by atoms with Crippen LogP contribution >= 0.6 is 0 Å². The average Bonchev–Trinajstić information content (AvgIpc) is 3.12. The Morgan fingerprint density at radius 3 is 3.05 bits per heavy atom. The van der Waals surface area contributed by atoms with Crippen molar-refractivity contribution >= 4 is 5.91 Å². The zero-order valence-electron chi connectivity index (χ0n) is 12.7. The number of aromatic nitrogens is 1. The van der Waals surface area contributed by atoms with Crippen molar-refractivity contribution in [3.05, 3.63) is 52.9 Å². The molecule has 1 heterocycles. The summed E-state index contributed by atoms with van der Waals surface area (Å²) in [5.41, 5.74) is 2.81. The molecular formula is C17H20N2O3. The molecule has 3 atom stereocenters. The third-order valence-electron chi connectivity index (χ3n) is 4.36. The van der Waals surface area contributed by atoms with Crippen molar-refractivity contribution in [2.24, 2.45) is 0 Å². The number of nitrogens with zero attached hydrogens (tertiary/aromatic N) is 1. The van der Waals surface area contributed by atoms with Crippen LogP contribution in [0.2, 0.25) is 0 Å². The number of rotatable bonds is 4. The molecule has 5 nitrogen and oxygen atoms in total. The standard InChI is InChI=1S/C17H20N2O3/c1-3-10(2)13-9-15(22-19-13)17(21)18-16-12-7-5-4-6-11(12)8-14(16)20/h4-7,9-10,14,16,20H,3,8H2,1-2H3,(H,18,21). The fourth-order valence-corrected chi connectivity index (χ4v) is 2.80. The predicted molar refractivity (Wildman–Crippen MR) is 81.6 cm³/mol. The van der Waals surface area contributed by atoms with Crippen LogP contribution in [-0.2, 0) is 6.42 Å². The Bertz CT molecular complexity index is 680. The third kappa shape index (κ3) is 2.64. The Kier molecular flexibility index (Phi) is 3.98. The number of aliphatic hydroxyl groups excluding tert-OH is 1. The minimum Gasteiger partial charge on any atom is -0.390 e. The first kappa shape index (κ1) is 14.8. The van der Waals surface area contributed by atoms with E-state index in [0.29, 0.717) is 6.42 Å². The third-order valence-corrected chi connectivity index (χ3v) is 4.36. The van der Waals surface area contributed by atoms with E-state index in [9.17, 15) is 9.90 Å². The van der Waals surface area contributed by atoms with Crippen LogP contribution in [0.3, 0.4) is 0 Å². The van der Waals surface area contributed by atoms with Gasteiger partial charge in [-0.25, -0.2) is 0 Å². The normalized spacial score (nSPS) is 21.4. The van der Waals surface area contributed by atoms with E-state index in [-0.39, 0.29) is 17.6 Å². The van der Waals surface area contributed by atoms with Gasteiger partial charge in [-0.2, -0.15) is 0 Å². The van der Waals surface area contributed by atoms with Gasteiger partial charge in [0.2, 0.25) is 5.76 Å². The lowest BCUT2D eigenvalue weighted by Crippen LogP contribution is -2.33. The van der Waals surface area contributed by atoms with Gasteiger partial charge in [-0.15, -0.1) is 0 Å². The molecule has 2 N–H and O–H groups in total. The maximum atomic E-state index is 12.3. The molecule has 0 fully saturated rings. The van der Waals surface area contributed by atoms with Crippen molar-refractivity contribution in [3.63, 3.8) is 0 Å². The summed E-state index contributed by atoms with van der Waals surface area (Å²) in [6.07, 6.45) is 0.871. The number of amides is 1. The van der Waals surface area contributed by atoms with Gasteiger partial charge in [0.1, 0.15) is 0 Å². The van der Waals surface area contributed by atoms with Crippen LogP contribution in [-0.4, -0.2) is 22.3 Å². The van der Waals surface area contributed by atoms with Gasteiger partial charge in [0.15, 0.2) is 0 Å². The van der Waals surface area contributed by atoms with Crippen LogP contribution in [0.5, 0.6) is 0 Å². The van der Waals surface area contributed by atoms with Gasteiger partial charge >= 0.3 is 0 Å². The summed E-state index contributed by atoms with van der Waals surface area (Å²) in [4.78, 5) is 12.3. The minimum absolute atomic E-state index is 0.187. The Labute approximate surface area is 129 Å². The second kappa shape index (κ2) is 5.93.